The third-order valence-corrected chi connectivity index (χ3v) is 6.53. The maximum atomic E-state index is 13.4. The van der Waals surface area contributed by atoms with Crippen LogP contribution in [-0.2, 0) is 17.6 Å². The molecular weight excluding hydrogens is 440 g/mol. The van der Waals surface area contributed by atoms with Crippen molar-refractivity contribution in [2.45, 2.75) is 32.6 Å². The molecule has 2 heterocycles. The molecule has 0 saturated heterocycles. The van der Waals surface area contributed by atoms with Crippen molar-refractivity contribution in [2.24, 2.45) is 0 Å². The van der Waals surface area contributed by atoms with Crippen LogP contribution in [0.2, 0.25) is 0 Å². The van der Waals surface area contributed by atoms with Gasteiger partial charge < -0.3 is 20.7 Å². The number of fused-ring (bicyclic) bond motifs is 1. The molecule has 3 aromatic rings. The number of pyridine rings is 1. The van der Waals surface area contributed by atoms with Gasteiger partial charge in [0.2, 0.25) is 5.91 Å². The summed E-state index contributed by atoms with van der Waals surface area (Å²) in [7, 11) is 1.49. The highest BCUT2D eigenvalue weighted by molar-refractivity contribution is 7.17. The van der Waals surface area contributed by atoms with Gasteiger partial charge in [-0.25, -0.2) is 0 Å². The Morgan fingerprint density at radius 2 is 1.85 bits per heavy atom. The number of methoxy groups -OCH3 is 1. The summed E-state index contributed by atoms with van der Waals surface area (Å²) < 4.78 is 5.35. The lowest BCUT2D eigenvalue weighted by molar-refractivity contribution is -0.114. The summed E-state index contributed by atoms with van der Waals surface area (Å²) >= 11 is 1.46. The normalized spacial score (nSPS) is 12.4. The van der Waals surface area contributed by atoms with E-state index in [2.05, 4.69) is 20.9 Å². The number of nitrogens with one attached hydrogen (secondary N) is 3. The lowest BCUT2D eigenvalue weighted by Crippen LogP contribution is -2.19. The Morgan fingerprint density at radius 3 is 2.58 bits per heavy atom. The number of hydrogen-bond donors (Lipinski definition) is 3. The number of ether oxygens (including phenoxy) is 1. The number of thiophene rings is 1. The molecular formula is C24H24N4O4S. The monoisotopic (exact) mass is 464 g/mol. The number of rotatable bonds is 6. The van der Waals surface area contributed by atoms with Crippen LogP contribution in [0.3, 0.4) is 0 Å². The summed E-state index contributed by atoms with van der Waals surface area (Å²) in [5.74, 6) is -0.397. The first-order chi connectivity index (χ1) is 16.0. The molecule has 0 fully saturated rings. The fourth-order valence-electron chi connectivity index (χ4n) is 3.82. The molecule has 3 N–H and O–H groups in total. The van der Waals surface area contributed by atoms with Crippen molar-refractivity contribution in [1.29, 1.82) is 0 Å². The minimum Gasteiger partial charge on any atom is -0.494 e. The highest BCUT2D eigenvalue weighted by Crippen LogP contribution is 2.39. The lowest BCUT2D eigenvalue weighted by atomic mass is 9.95. The summed E-state index contributed by atoms with van der Waals surface area (Å²) in [5.41, 5.74) is 2.95. The largest absolute Gasteiger partial charge is 0.494 e. The van der Waals surface area contributed by atoms with Crippen molar-refractivity contribution in [3.05, 3.63) is 64.3 Å². The molecule has 33 heavy (non-hydrogen) atoms. The summed E-state index contributed by atoms with van der Waals surface area (Å²) in [6, 6.07) is 8.39. The first-order valence-corrected chi connectivity index (χ1v) is 11.4. The zero-order valence-corrected chi connectivity index (χ0v) is 19.2. The quantitative estimate of drug-likeness (QED) is 0.498. The predicted molar refractivity (Wildman–Crippen MR) is 128 cm³/mol. The zero-order valence-electron chi connectivity index (χ0n) is 18.4. The van der Waals surface area contributed by atoms with Crippen molar-refractivity contribution in [3.8, 4) is 5.75 Å². The molecule has 0 spiro atoms. The maximum Gasteiger partial charge on any atom is 0.258 e. The SMILES string of the molecule is COc1cc(NC(=O)c2c(NC(=O)c3cccnc3)sc3c2CCCC3)ccc1NC(C)=O. The van der Waals surface area contributed by atoms with E-state index in [1.165, 1.54) is 31.6 Å². The minimum atomic E-state index is -0.308. The van der Waals surface area contributed by atoms with E-state index in [1.54, 1.807) is 36.5 Å². The van der Waals surface area contributed by atoms with E-state index in [-0.39, 0.29) is 17.7 Å². The van der Waals surface area contributed by atoms with Gasteiger partial charge in [0.05, 0.1) is 23.9 Å². The molecule has 4 rings (SSSR count). The second-order valence-corrected chi connectivity index (χ2v) is 8.77. The van der Waals surface area contributed by atoms with Crippen molar-refractivity contribution < 1.29 is 19.1 Å². The van der Waals surface area contributed by atoms with Crippen LogP contribution in [0.1, 0.15) is 50.9 Å². The number of aromatic nitrogens is 1. The average molecular weight is 465 g/mol. The molecule has 1 aromatic carbocycles. The molecule has 2 aromatic heterocycles. The van der Waals surface area contributed by atoms with Gasteiger partial charge in [0.1, 0.15) is 10.8 Å². The number of hydrogen-bond acceptors (Lipinski definition) is 6. The first kappa shape index (κ1) is 22.5. The van der Waals surface area contributed by atoms with Gasteiger partial charge in [0.15, 0.2) is 0 Å². The average Bonchev–Trinajstić information content (AvgIpc) is 3.18. The van der Waals surface area contributed by atoms with E-state index in [0.29, 0.717) is 33.3 Å². The summed E-state index contributed by atoms with van der Waals surface area (Å²) in [6.45, 7) is 1.41. The number of nitrogens with zero attached hydrogens (tertiary/aromatic N) is 1. The van der Waals surface area contributed by atoms with Gasteiger partial charge >= 0.3 is 0 Å². The second kappa shape index (κ2) is 9.83. The molecule has 1 aliphatic rings. The smallest absolute Gasteiger partial charge is 0.258 e. The number of anilines is 3. The van der Waals surface area contributed by atoms with Gasteiger partial charge in [-0.05, 0) is 55.5 Å². The van der Waals surface area contributed by atoms with Crippen molar-refractivity contribution in [2.75, 3.05) is 23.1 Å². The molecule has 0 bridgehead atoms. The van der Waals surface area contributed by atoms with Crippen molar-refractivity contribution in [3.63, 3.8) is 0 Å². The van der Waals surface area contributed by atoms with Crippen LogP contribution in [0.4, 0.5) is 16.4 Å². The molecule has 0 unspecified atom stereocenters. The Hall–Kier alpha value is -3.72. The first-order valence-electron chi connectivity index (χ1n) is 10.6. The van der Waals surface area contributed by atoms with Crippen LogP contribution in [0.25, 0.3) is 0 Å². The highest BCUT2D eigenvalue weighted by Gasteiger charge is 2.27. The van der Waals surface area contributed by atoms with E-state index in [0.717, 1.165) is 36.1 Å². The standard InChI is InChI=1S/C24H24N4O4S/c1-14(29)26-18-10-9-16(12-19(18)32-2)27-23(31)21-17-7-3-4-8-20(17)33-24(21)28-22(30)15-6-5-11-25-13-15/h5-6,9-13H,3-4,7-8H2,1-2H3,(H,26,29)(H,27,31)(H,28,30). The Balaban J connectivity index is 1.62. The molecule has 0 aliphatic heterocycles. The van der Waals surface area contributed by atoms with Gasteiger partial charge in [-0.15, -0.1) is 11.3 Å². The lowest BCUT2D eigenvalue weighted by Gasteiger charge is -2.15. The number of benzene rings is 1. The van der Waals surface area contributed by atoms with Crippen LogP contribution >= 0.6 is 11.3 Å². The summed E-state index contributed by atoms with van der Waals surface area (Å²) in [4.78, 5) is 42.6. The van der Waals surface area contributed by atoms with Gasteiger partial charge in [0.25, 0.3) is 11.8 Å². The topological polar surface area (TPSA) is 109 Å². The van der Waals surface area contributed by atoms with Crippen LogP contribution in [-0.4, -0.2) is 29.8 Å². The molecule has 170 valence electrons. The van der Waals surface area contributed by atoms with Gasteiger partial charge in [-0.2, -0.15) is 0 Å². The fourth-order valence-corrected chi connectivity index (χ4v) is 5.10. The number of carbonyl (C=O) groups excluding carboxylic acids is 3. The highest BCUT2D eigenvalue weighted by atomic mass is 32.1. The van der Waals surface area contributed by atoms with E-state index in [9.17, 15) is 14.4 Å². The third kappa shape index (κ3) is 5.04. The third-order valence-electron chi connectivity index (χ3n) is 5.32. The number of aryl methyl sites for hydroxylation is 1. The molecule has 9 heteroatoms. The Morgan fingerprint density at radius 1 is 1.03 bits per heavy atom. The molecule has 0 radical (unpaired) electrons. The van der Waals surface area contributed by atoms with Crippen LogP contribution < -0.4 is 20.7 Å². The van der Waals surface area contributed by atoms with Crippen molar-refractivity contribution in [1.82, 2.24) is 4.98 Å². The van der Waals surface area contributed by atoms with Gasteiger partial charge in [-0.1, -0.05) is 0 Å². The molecule has 0 atom stereocenters. The Kier molecular flexibility index (Phi) is 6.69. The van der Waals surface area contributed by atoms with Crippen LogP contribution in [0.5, 0.6) is 5.75 Å². The van der Waals surface area contributed by atoms with Crippen molar-refractivity contribution >= 4 is 45.4 Å². The van der Waals surface area contributed by atoms with Gasteiger partial charge in [0, 0.05) is 35.9 Å². The van der Waals surface area contributed by atoms with E-state index in [4.69, 9.17) is 4.74 Å². The van der Waals surface area contributed by atoms with E-state index in [1.807, 2.05) is 0 Å². The van der Waals surface area contributed by atoms with Crippen LogP contribution in [0.15, 0.2) is 42.7 Å². The Bertz CT molecular complexity index is 1210. The zero-order chi connectivity index (χ0) is 23.4. The van der Waals surface area contributed by atoms with Gasteiger partial charge in [-0.3, -0.25) is 19.4 Å². The molecule has 1 aliphatic carbocycles. The number of carbonyl (C=O) groups is 3. The number of amides is 3. The molecule has 8 nitrogen and oxygen atoms in total. The maximum absolute atomic E-state index is 13.4. The molecule has 3 amide bonds. The van der Waals surface area contributed by atoms with E-state index >= 15 is 0 Å². The minimum absolute atomic E-state index is 0.219. The Labute approximate surface area is 195 Å². The molecule has 0 saturated carbocycles. The summed E-state index contributed by atoms with van der Waals surface area (Å²) in [6.07, 6.45) is 6.84. The van der Waals surface area contributed by atoms with Crippen LogP contribution in [0, 0.1) is 0 Å². The second-order valence-electron chi connectivity index (χ2n) is 7.66. The predicted octanol–water partition coefficient (Wildman–Crippen LogP) is 4.49. The van der Waals surface area contributed by atoms with E-state index < -0.39 is 0 Å². The summed E-state index contributed by atoms with van der Waals surface area (Å²) in [5, 5.41) is 9.05. The fraction of sp³-hybridized carbons (Fsp3) is 0.250.